The molecule has 0 saturated carbocycles. The van der Waals surface area contributed by atoms with E-state index in [-0.39, 0.29) is 23.4 Å². The second-order valence-electron chi connectivity index (χ2n) is 7.51. The molecule has 0 unspecified atom stereocenters. The van der Waals surface area contributed by atoms with Crippen molar-refractivity contribution in [3.63, 3.8) is 0 Å². The number of amides is 1. The molecule has 0 atom stereocenters. The largest absolute Gasteiger partial charge is 0.416 e. The number of aliphatic imine (C=N–C) groups is 1. The molecule has 0 aliphatic carbocycles. The maximum Gasteiger partial charge on any atom is 0.416 e. The number of nitrogens with one attached hydrogen (secondary N) is 2. The number of carbonyl (C=O) groups is 1. The quantitative estimate of drug-likeness (QED) is 0.582. The lowest BCUT2D eigenvalue weighted by Gasteiger charge is -2.13. The Morgan fingerprint density at radius 1 is 1.03 bits per heavy atom. The number of alkyl halides is 3. The van der Waals surface area contributed by atoms with Gasteiger partial charge in [0, 0.05) is 18.3 Å². The lowest BCUT2D eigenvalue weighted by molar-refractivity contribution is -0.138. The predicted molar refractivity (Wildman–Crippen MR) is 117 cm³/mol. The molecule has 4 rings (SSSR count). The highest BCUT2D eigenvalue weighted by Crippen LogP contribution is 2.39. The van der Waals surface area contributed by atoms with Crippen LogP contribution in [0.25, 0.3) is 11.3 Å². The van der Waals surface area contributed by atoms with Gasteiger partial charge in [0.1, 0.15) is 0 Å². The summed E-state index contributed by atoms with van der Waals surface area (Å²) in [6, 6.07) is 11.5. The van der Waals surface area contributed by atoms with Gasteiger partial charge >= 0.3 is 6.18 Å². The van der Waals surface area contributed by atoms with E-state index < -0.39 is 17.6 Å². The Balaban J connectivity index is 1.79. The Labute approximate surface area is 182 Å². The Bertz CT molecular complexity index is 1250. The lowest BCUT2D eigenvalue weighted by Crippen LogP contribution is -2.15. The van der Waals surface area contributed by atoms with Crippen LogP contribution in [0.3, 0.4) is 0 Å². The Kier molecular flexibility index (Phi) is 5.41. The molecule has 32 heavy (non-hydrogen) atoms. The van der Waals surface area contributed by atoms with Crippen molar-refractivity contribution in [2.45, 2.75) is 26.4 Å². The van der Waals surface area contributed by atoms with Crippen LogP contribution in [-0.2, 0) is 11.0 Å². The molecule has 1 amide bonds. The second-order valence-corrected chi connectivity index (χ2v) is 7.51. The summed E-state index contributed by atoms with van der Waals surface area (Å²) >= 11 is 0. The summed E-state index contributed by atoms with van der Waals surface area (Å²) in [5, 5.41) is 5.47. The minimum absolute atomic E-state index is 0.0419. The third kappa shape index (κ3) is 4.32. The van der Waals surface area contributed by atoms with E-state index in [4.69, 9.17) is 0 Å². The summed E-state index contributed by atoms with van der Waals surface area (Å²) in [6.07, 6.45) is -4.58. The van der Waals surface area contributed by atoms with Crippen LogP contribution in [0.4, 0.5) is 30.5 Å². The minimum Gasteiger partial charge on any atom is -0.357 e. The summed E-state index contributed by atoms with van der Waals surface area (Å²) in [7, 11) is 1.73. The Morgan fingerprint density at radius 2 is 1.78 bits per heavy atom. The fourth-order valence-electron chi connectivity index (χ4n) is 3.57. The first-order valence-corrected chi connectivity index (χ1v) is 9.87. The number of rotatable bonds is 3. The average Bonchev–Trinajstić information content (AvgIpc) is 2.89. The highest BCUT2D eigenvalue weighted by Gasteiger charge is 2.34. The van der Waals surface area contributed by atoms with Crippen LogP contribution in [0.1, 0.15) is 28.8 Å². The van der Waals surface area contributed by atoms with Gasteiger partial charge in [-0.25, -0.2) is 9.97 Å². The number of carbonyl (C=O) groups excluding carboxylic acids is 1. The molecular formula is C23H20F3N5O. The Morgan fingerprint density at radius 3 is 2.50 bits per heavy atom. The number of anilines is 2. The second kappa shape index (κ2) is 8.07. The number of hydrogen-bond donors (Lipinski definition) is 2. The molecule has 1 aliphatic heterocycles. The maximum atomic E-state index is 13.3. The van der Waals surface area contributed by atoms with Gasteiger partial charge < -0.3 is 10.6 Å². The summed E-state index contributed by atoms with van der Waals surface area (Å²) < 4.78 is 39.9. The summed E-state index contributed by atoms with van der Waals surface area (Å²) in [5.41, 5.74) is 3.03. The SMILES string of the molecule is CNc1nc(C)cc(-c2cccc(C3=Nc4cc(C)c(C(F)(F)F)cc4NC(=O)C3)c2)n1. The molecule has 0 saturated heterocycles. The van der Waals surface area contributed by atoms with Gasteiger partial charge in [-0.3, -0.25) is 9.79 Å². The normalized spacial score (nSPS) is 13.7. The summed E-state index contributed by atoms with van der Waals surface area (Å²) in [5.74, 6) is 0.0571. The molecule has 1 aromatic heterocycles. The van der Waals surface area contributed by atoms with Crippen LogP contribution >= 0.6 is 0 Å². The highest BCUT2D eigenvalue weighted by atomic mass is 19.4. The van der Waals surface area contributed by atoms with Gasteiger partial charge in [0.25, 0.3) is 0 Å². The van der Waals surface area contributed by atoms with E-state index in [1.54, 1.807) is 7.05 Å². The fraction of sp³-hybridized carbons (Fsp3) is 0.217. The van der Waals surface area contributed by atoms with E-state index in [0.29, 0.717) is 22.9 Å². The van der Waals surface area contributed by atoms with Gasteiger partial charge in [0.2, 0.25) is 11.9 Å². The molecule has 3 aromatic rings. The molecule has 6 nitrogen and oxygen atoms in total. The van der Waals surface area contributed by atoms with Crippen LogP contribution in [0, 0.1) is 13.8 Å². The number of aromatic nitrogens is 2. The molecule has 2 aromatic carbocycles. The zero-order chi connectivity index (χ0) is 23.0. The lowest BCUT2D eigenvalue weighted by atomic mass is 10.0. The molecule has 2 heterocycles. The third-order valence-corrected chi connectivity index (χ3v) is 5.07. The zero-order valence-corrected chi connectivity index (χ0v) is 17.6. The van der Waals surface area contributed by atoms with Gasteiger partial charge in [-0.1, -0.05) is 18.2 Å². The first-order valence-electron chi connectivity index (χ1n) is 9.87. The summed E-state index contributed by atoms with van der Waals surface area (Å²) in [4.78, 5) is 25.8. The first kappa shape index (κ1) is 21.5. The molecule has 9 heteroatoms. The summed E-state index contributed by atoms with van der Waals surface area (Å²) in [6.45, 7) is 3.24. The maximum absolute atomic E-state index is 13.3. The van der Waals surface area contributed by atoms with Crippen LogP contribution in [0.2, 0.25) is 0 Å². The van der Waals surface area contributed by atoms with Crippen LogP contribution in [0.15, 0.2) is 47.5 Å². The first-order chi connectivity index (χ1) is 15.1. The van der Waals surface area contributed by atoms with Crippen molar-refractivity contribution in [3.8, 4) is 11.3 Å². The average molecular weight is 439 g/mol. The minimum atomic E-state index is -4.51. The van der Waals surface area contributed by atoms with Gasteiger partial charge in [-0.15, -0.1) is 0 Å². The van der Waals surface area contributed by atoms with Crippen LogP contribution < -0.4 is 10.6 Å². The number of halogens is 3. The fourth-order valence-corrected chi connectivity index (χ4v) is 3.57. The number of aryl methyl sites for hydroxylation is 2. The smallest absolute Gasteiger partial charge is 0.357 e. The highest BCUT2D eigenvalue weighted by molar-refractivity contribution is 6.17. The van der Waals surface area contributed by atoms with E-state index in [9.17, 15) is 18.0 Å². The van der Waals surface area contributed by atoms with Crippen molar-refractivity contribution in [3.05, 3.63) is 64.8 Å². The van der Waals surface area contributed by atoms with Gasteiger partial charge in [0.05, 0.1) is 34.8 Å². The number of fused-ring (bicyclic) bond motifs is 1. The zero-order valence-electron chi connectivity index (χ0n) is 17.6. The number of benzene rings is 2. The van der Waals surface area contributed by atoms with Gasteiger partial charge in [0.15, 0.2) is 0 Å². The molecule has 1 aliphatic rings. The van der Waals surface area contributed by atoms with E-state index in [2.05, 4.69) is 25.6 Å². The molecule has 0 radical (unpaired) electrons. The van der Waals surface area contributed by atoms with Crippen molar-refractivity contribution in [2.24, 2.45) is 4.99 Å². The molecule has 164 valence electrons. The van der Waals surface area contributed by atoms with Crippen molar-refractivity contribution >= 4 is 28.9 Å². The molecular weight excluding hydrogens is 419 g/mol. The van der Waals surface area contributed by atoms with E-state index in [1.165, 1.54) is 13.0 Å². The van der Waals surface area contributed by atoms with Crippen LogP contribution in [-0.4, -0.2) is 28.6 Å². The molecule has 0 bridgehead atoms. The predicted octanol–water partition coefficient (Wildman–Crippen LogP) is 5.28. The number of hydrogen-bond acceptors (Lipinski definition) is 5. The number of nitrogens with zero attached hydrogens (tertiary/aromatic N) is 3. The molecule has 2 N–H and O–H groups in total. The standard InChI is InChI=1S/C23H20F3N5O/c1-12-7-19-20(10-16(12)23(24,25)26)30-21(32)11-18(29-19)15-6-4-5-14(9-15)17-8-13(2)28-22(27-3)31-17/h4-10H,11H2,1-3H3,(H,30,32)(H,27,28,31). The molecule has 0 spiro atoms. The monoisotopic (exact) mass is 439 g/mol. The van der Waals surface area contributed by atoms with E-state index in [1.807, 2.05) is 37.3 Å². The van der Waals surface area contributed by atoms with Crippen molar-refractivity contribution in [2.75, 3.05) is 17.7 Å². The van der Waals surface area contributed by atoms with Crippen molar-refractivity contribution < 1.29 is 18.0 Å². The van der Waals surface area contributed by atoms with E-state index in [0.717, 1.165) is 17.3 Å². The molecule has 0 fully saturated rings. The van der Waals surface area contributed by atoms with Crippen LogP contribution in [0.5, 0.6) is 0 Å². The van der Waals surface area contributed by atoms with Gasteiger partial charge in [-0.05, 0) is 49.2 Å². The third-order valence-electron chi connectivity index (χ3n) is 5.07. The topological polar surface area (TPSA) is 79.3 Å². The van der Waals surface area contributed by atoms with Crippen molar-refractivity contribution in [1.29, 1.82) is 0 Å². The Hall–Kier alpha value is -3.75. The van der Waals surface area contributed by atoms with E-state index >= 15 is 0 Å². The van der Waals surface area contributed by atoms with Gasteiger partial charge in [-0.2, -0.15) is 13.2 Å². The van der Waals surface area contributed by atoms with Crippen molar-refractivity contribution in [1.82, 2.24) is 9.97 Å².